The minimum absolute atomic E-state index is 0.407. The molecule has 0 aliphatic rings. The average Bonchev–Trinajstić information content (AvgIpc) is 2.39. The third-order valence-electron chi connectivity index (χ3n) is 2.85. The second kappa shape index (κ2) is 8.51. The van der Waals surface area contributed by atoms with E-state index in [-0.39, 0.29) is 0 Å². The van der Waals surface area contributed by atoms with Gasteiger partial charge in [-0.1, -0.05) is 51.3 Å². The van der Waals surface area contributed by atoms with Crippen LogP contribution in [0, 0.1) is 0 Å². The maximum Gasteiger partial charge on any atom is 0.335 e. The molecule has 0 aliphatic heterocycles. The molecule has 2 nitrogen and oxygen atoms in total. The van der Waals surface area contributed by atoms with Crippen molar-refractivity contribution in [2.45, 2.75) is 45.4 Å². The molecule has 18 heavy (non-hydrogen) atoms. The number of hydrogen-bond donors (Lipinski definition) is 0. The summed E-state index contributed by atoms with van der Waals surface area (Å²) in [7, 11) is 0. The average molecular weight is 246 g/mol. The number of rotatable bonds is 8. The Morgan fingerprint density at radius 3 is 2.78 bits per heavy atom. The Balaban J connectivity index is 2.39. The van der Waals surface area contributed by atoms with E-state index in [9.17, 15) is 4.79 Å². The molecule has 98 valence electrons. The first-order valence-electron chi connectivity index (χ1n) is 6.69. The van der Waals surface area contributed by atoms with E-state index in [0.717, 1.165) is 6.42 Å². The zero-order valence-electron chi connectivity index (χ0n) is 11.2. The van der Waals surface area contributed by atoms with Gasteiger partial charge in [-0.05, 0) is 30.5 Å². The van der Waals surface area contributed by atoms with Gasteiger partial charge in [0, 0.05) is 6.08 Å². The van der Waals surface area contributed by atoms with Gasteiger partial charge in [0.2, 0.25) is 0 Å². The van der Waals surface area contributed by atoms with Gasteiger partial charge in [0.05, 0.1) is 0 Å². The predicted octanol–water partition coefficient (Wildman–Crippen LogP) is 4.29. The standard InChI is InChI=1S/C16H22O2/c1-3-5-6-7-8-10-14-11-9-12-15(13-14)18-16(17)4-2/h4,9,11-13H,2-3,5-8,10H2,1H3. The topological polar surface area (TPSA) is 26.3 Å². The molecule has 0 saturated carbocycles. The normalized spacial score (nSPS) is 10.1. The van der Waals surface area contributed by atoms with Gasteiger partial charge in [-0.3, -0.25) is 0 Å². The van der Waals surface area contributed by atoms with Crippen molar-refractivity contribution in [2.24, 2.45) is 0 Å². The van der Waals surface area contributed by atoms with Crippen molar-refractivity contribution >= 4 is 5.97 Å². The van der Waals surface area contributed by atoms with E-state index in [2.05, 4.69) is 19.6 Å². The summed E-state index contributed by atoms with van der Waals surface area (Å²) in [6, 6.07) is 7.72. The SMILES string of the molecule is C=CC(=O)Oc1cccc(CCCCCCC)c1. The summed E-state index contributed by atoms with van der Waals surface area (Å²) in [5.41, 5.74) is 1.22. The van der Waals surface area contributed by atoms with Crippen LogP contribution >= 0.6 is 0 Å². The van der Waals surface area contributed by atoms with Crippen molar-refractivity contribution in [2.75, 3.05) is 0 Å². The van der Waals surface area contributed by atoms with Crippen LogP contribution in [0.2, 0.25) is 0 Å². The zero-order chi connectivity index (χ0) is 13.2. The van der Waals surface area contributed by atoms with Gasteiger partial charge in [-0.15, -0.1) is 0 Å². The Morgan fingerprint density at radius 1 is 1.28 bits per heavy atom. The summed E-state index contributed by atoms with van der Waals surface area (Å²) >= 11 is 0. The largest absolute Gasteiger partial charge is 0.423 e. The van der Waals surface area contributed by atoms with Crippen molar-refractivity contribution in [3.05, 3.63) is 42.5 Å². The van der Waals surface area contributed by atoms with Crippen molar-refractivity contribution in [1.29, 1.82) is 0 Å². The lowest BCUT2D eigenvalue weighted by atomic mass is 10.1. The Labute approximate surface area is 110 Å². The number of esters is 1. The number of aryl methyl sites for hydroxylation is 1. The highest BCUT2D eigenvalue weighted by atomic mass is 16.5. The third-order valence-corrected chi connectivity index (χ3v) is 2.85. The van der Waals surface area contributed by atoms with Gasteiger partial charge in [-0.2, -0.15) is 0 Å². The lowest BCUT2D eigenvalue weighted by Crippen LogP contribution is -2.03. The highest BCUT2D eigenvalue weighted by Gasteiger charge is 2.01. The molecule has 0 fully saturated rings. The molecule has 0 saturated heterocycles. The van der Waals surface area contributed by atoms with Crippen LogP contribution in [-0.4, -0.2) is 5.97 Å². The number of benzene rings is 1. The molecule has 0 atom stereocenters. The van der Waals surface area contributed by atoms with Crippen LogP contribution in [0.5, 0.6) is 5.75 Å². The van der Waals surface area contributed by atoms with E-state index in [1.807, 2.05) is 12.1 Å². The highest BCUT2D eigenvalue weighted by Crippen LogP contribution is 2.16. The highest BCUT2D eigenvalue weighted by molar-refractivity contribution is 5.83. The first-order valence-corrected chi connectivity index (χ1v) is 6.69. The van der Waals surface area contributed by atoms with Crippen molar-refractivity contribution < 1.29 is 9.53 Å². The molecule has 1 rings (SSSR count). The zero-order valence-corrected chi connectivity index (χ0v) is 11.2. The molecular formula is C16H22O2. The number of hydrogen-bond acceptors (Lipinski definition) is 2. The molecule has 0 heterocycles. The van der Waals surface area contributed by atoms with Crippen molar-refractivity contribution in [3.8, 4) is 5.75 Å². The van der Waals surface area contributed by atoms with E-state index in [1.165, 1.54) is 43.7 Å². The lowest BCUT2D eigenvalue weighted by Gasteiger charge is -2.05. The van der Waals surface area contributed by atoms with Gasteiger partial charge >= 0.3 is 5.97 Å². The van der Waals surface area contributed by atoms with Crippen LogP contribution in [0.4, 0.5) is 0 Å². The van der Waals surface area contributed by atoms with Crippen LogP contribution in [0.1, 0.15) is 44.6 Å². The minimum Gasteiger partial charge on any atom is -0.423 e. The van der Waals surface area contributed by atoms with E-state index in [1.54, 1.807) is 6.07 Å². The van der Waals surface area contributed by atoms with Gasteiger partial charge in [0.15, 0.2) is 0 Å². The summed E-state index contributed by atoms with van der Waals surface area (Å²) < 4.78 is 5.09. The molecule has 0 bridgehead atoms. The minimum atomic E-state index is -0.407. The van der Waals surface area contributed by atoms with Crippen molar-refractivity contribution in [3.63, 3.8) is 0 Å². The number of unbranched alkanes of at least 4 members (excludes halogenated alkanes) is 4. The molecule has 0 N–H and O–H groups in total. The Hall–Kier alpha value is -1.57. The van der Waals surface area contributed by atoms with Gasteiger partial charge in [-0.25, -0.2) is 4.79 Å². The van der Waals surface area contributed by atoms with Crippen LogP contribution in [0.3, 0.4) is 0 Å². The molecule has 0 aliphatic carbocycles. The third kappa shape index (κ3) is 5.67. The number of carbonyl (C=O) groups excluding carboxylic acids is 1. The monoisotopic (exact) mass is 246 g/mol. The van der Waals surface area contributed by atoms with E-state index in [4.69, 9.17) is 4.74 Å². The summed E-state index contributed by atoms with van der Waals surface area (Å²) in [6.45, 7) is 5.60. The Morgan fingerprint density at radius 2 is 2.06 bits per heavy atom. The maximum absolute atomic E-state index is 11.1. The van der Waals surface area contributed by atoms with E-state index < -0.39 is 5.97 Å². The first kappa shape index (κ1) is 14.5. The molecule has 0 unspecified atom stereocenters. The summed E-state index contributed by atoms with van der Waals surface area (Å²) in [4.78, 5) is 11.1. The molecule has 0 amide bonds. The smallest absolute Gasteiger partial charge is 0.335 e. The molecule has 0 radical (unpaired) electrons. The molecule has 0 aromatic heterocycles. The molecular weight excluding hydrogens is 224 g/mol. The quantitative estimate of drug-likeness (QED) is 0.296. The predicted molar refractivity (Wildman–Crippen MR) is 74.7 cm³/mol. The van der Waals surface area contributed by atoms with E-state index >= 15 is 0 Å². The molecule has 2 heteroatoms. The van der Waals surface area contributed by atoms with E-state index in [0.29, 0.717) is 5.75 Å². The van der Waals surface area contributed by atoms with Crippen molar-refractivity contribution in [1.82, 2.24) is 0 Å². The fourth-order valence-corrected chi connectivity index (χ4v) is 1.85. The van der Waals surface area contributed by atoms with Gasteiger partial charge < -0.3 is 4.74 Å². The van der Waals surface area contributed by atoms with Gasteiger partial charge in [0.1, 0.15) is 5.75 Å². The molecule has 1 aromatic carbocycles. The van der Waals surface area contributed by atoms with Crippen LogP contribution in [-0.2, 0) is 11.2 Å². The summed E-state index contributed by atoms with van der Waals surface area (Å²) in [5.74, 6) is 0.195. The molecule has 1 aromatic rings. The maximum atomic E-state index is 11.1. The van der Waals surface area contributed by atoms with Crippen LogP contribution in [0.15, 0.2) is 36.9 Å². The number of carbonyl (C=O) groups is 1. The van der Waals surface area contributed by atoms with Crippen LogP contribution < -0.4 is 4.74 Å². The first-order chi connectivity index (χ1) is 8.76. The summed E-state index contributed by atoms with van der Waals surface area (Å²) in [6.07, 6.45) is 8.58. The lowest BCUT2D eigenvalue weighted by molar-refractivity contribution is -0.128. The second-order valence-corrected chi connectivity index (χ2v) is 4.44. The van der Waals surface area contributed by atoms with Crippen LogP contribution in [0.25, 0.3) is 0 Å². The Kier molecular flexibility index (Phi) is 6.85. The number of ether oxygens (including phenoxy) is 1. The fourth-order valence-electron chi connectivity index (χ4n) is 1.85. The Bertz CT molecular complexity index is 382. The van der Waals surface area contributed by atoms with Gasteiger partial charge in [0.25, 0.3) is 0 Å². The summed E-state index contributed by atoms with van der Waals surface area (Å²) in [5, 5.41) is 0. The second-order valence-electron chi connectivity index (χ2n) is 4.44. The fraction of sp³-hybridized carbons (Fsp3) is 0.438. The molecule has 0 spiro atoms.